The summed E-state index contributed by atoms with van der Waals surface area (Å²) in [6.45, 7) is 2.46. The number of nitrogens with zero attached hydrogens (tertiary/aromatic N) is 6. The highest BCUT2D eigenvalue weighted by atomic mass is 19.1. The molecule has 1 unspecified atom stereocenters. The summed E-state index contributed by atoms with van der Waals surface area (Å²) in [4.78, 5) is 34.6. The number of carbonyl (C=O) groups excluding carboxylic acids is 1. The maximum atomic E-state index is 13.3. The van der Waals surface area contributed by atoms with Crippen LogP contribution in [0.2, 0.25) is 0 Å². The lowest BCUT2D eigenvalue weighted by Gasteiger charge is -2.38. The van der Waals surface area contributed by atoms with Crippen LogP contribution in [0.4, 0.5) is 4.39 Å². The van der Waals surface area contributed by atoms with Gasteiger partial charge in [0.1, 0.15) is 29.9 Å². The fourth-order valence-corrected chi connectivity index (χ4v) is 5.86. The number of rotatable bonds is 7. The van der Waals surface area contributed by atoms with Crippen molar-refractivity contribution in [2.45, 2.75) is 50.3 Å². The fourth-order valence-electron chi connectivity index (χ4n) is 5.86. The monoisotopic (exact) mass is 574 g/mol. The summed E-state index contributed by atoms with van der Waals surface area (Å²) >= 11 is 0. The van der Waals surface area contributed by atoms with Crippen LogP contribution in [0.5, 0.6) is 5.75 Å². The van der Waals surface area contributed by atoms with Gasteiger partial charge < -0.3 is 19.6 Å². The molecule has 6 rings (SSSR count). The molecule has 1 amide bonds. The van der Waals surface area contributed by atoms with E-state index in [0.717, 1.165) is 24.4 Å². The van der Waals surface area contributed by atoms with Crippen molar-refractivity contribution >= 4 is 16.9 Å². The number of ether oxygens (including phenoxy) is 1. The zero-order valence-corrected chi connectivity index (χ0v) is 23.7. The van der Waals surface area contributed by atoms with Crippen molar-refractivity contribution < 1.29 is 19.0 Å². The molecule has 2 saturated heterocycles. The Hall–Kier alpha value is -4.09. The van der Waals surface area contributed by atoms with Gasteiger partial charge in [-0.1, -0.05) is 6.42 Å². The Morgan fingerprint density at radius 1 is 1.07 bits per heavy atom. The first-order valence-corrected chi connectivity index (χ1v) is 14.4. The third-order valence-electron chi connectivity index (χ3n) is 8.54. The lowest BCUT2D eigenvalue weighted by atomic mass is 9.91. The maximum Gasteiger partial charge on any atom is 0.264 e. The highest BCUT2D eigenvalue weighted by molar-refractivity contribution is 5.94. The second-order valence-electron chi connectivity index (χ2n) is 11.4. The largest absolute Gasteiger partial charge is 0.492 e. The Bertz CT molecular complexity index is 1610. The van der Waals surface area contributed by atoms with E-state index in [1.165, 1.54) is 54.2 Å². The number of piperidine rings is 2. The number of likely N-dealkylation sites (N-methyl/N-ethyl adjacent to an activating group) is 1. The molecule has 2 aromatic carbocycles. The van der Waals surface area contributed by atoms with E-state index in [4.69, 9.17) is 4.74 Å². The Kier molecular flexibility index (Phi) is 7.78. The highest BCUT2D eigenvalue weighted by Crippen LogP contribution is 2.26. The van der Waals surface area contributed by atoms with Crippen LogP contribution < -0.4 is 10.3 Å². The third kappa shape index (κ3) is 5.79. The zero-order valence-electron chi connectivity index (χ0n) is 23.7. The van der Waals surface area contributed by atoms with E-state index in [2.05, 4.69) is 22.0 Å². The molecule has 2 aliphatic rings. The average molecular weight is 575 g/mol. The van der Waals surface area contributed by atoms with E-state index in [-0.39, 0.29) is 18.0 Å². The van der Waals surface area contributed by atoms with Gasteiger partial charge in [-0.25, -0.2) is 14.1 Å². The van der Waals surface area contributed by atoms with Gasteiger partial charge in [0.05, 0.1) is 24.0 Å². The van der Waals surface area contributed by atoms with Crippen LogP contribution in [0.1, 0.15) is 42.5 Å². The number of amides is 1. The second-order valence-corrected chi connectivity index (χ2v) is 11.4. The van der Waals surface area contributed by atoms with Crippen LogP contribution in [0.3, 0.4) is 0 Å². The van der Waals surface area contributed by atoms with E-state index < -0.39 is 11.4 Å². The Balaban J connectivity index is 1.11. The van der Waals surface area contributed by atoms with E-state index in [1.54, 1.807) is 9.58 Å². The van der Waals surface area contributed by atoms with Crippen molar-refractivity contribution in [3.05, 3.63) is 82.8 Å². The fraction of sp³-hybridized carbons (Fsp3) is 0.419. The van der Waals surface area contributed by atoms with E-state index in [0.29, 0.717) is 55.2 Å². The first kappa shape index (κ1) is 28.0. The molecule has 2 aliphatic heterocycles. The molecule has 0 saturated carbocycles. The normalized spacial score (nSPS) is 19.2. The van der Waals surface area contributed by atoms with Gasteiger partial charge in [-0.05, 0) is 87.8 Å². The standard InChI is InChI=1S/C31H35FN6O4/c1-35-15-3-2-4-25(35)19-42-26-11-9-24(10-12-26)38-28-27(18-34-38)30(40)37(21-33-28)20-31(41)13-16-36(17-14-31)29(39)22-5-7-23(32)8-6-22/h5-12,18,21,25,41H,2-4,13-17,19-20H2,1H3. The molecule has 0 radical (unpaired) electrons. The van der Waals surface area contributed by atoms with Crippen molar-refractivity contribution in [3.8, 4) is 11.4 Å². The first-order valence-electron chi connectivity index (χ1n) is 14.4. The molecule has 2 aromatic heterocycles. The van der Waals surface area contributed by atoms with Gasteiger partial charge in [0.25, 0.3) is 11.5 Å². The van der Waals surface area contributed by atoms with Gasteiger partial charge in [-0.15, -0.1) is 0 Å². The van der Waals surface area contributed by atoms with Gasteiger partial charge in [0.15, 0.2) is 5.65 Å². The van der Waals surface area contributed by atoms with Gasteiger partial charge in [0, 0.05) is 24.7 Å². The predicted octanol–water partition coefficient (Wildman–Crippen LogP) is 3.25. The number of aromatic nitrogens is 4. The number of hydrogen-bond donors (Lipinski definition) is 1. The van der Waals surface area contributed by atoms with Crippen LogP contribution in [0, 0.1) is 5.82 Å². The predicted molar refractivity (Wildman–Crippen MR) is 155 cm³/mol. The number of hydrogen-bond acceptors (Lipinski definition) is 7. The first-order chi connectivity index (χ1) is 20.3. The molecule has 220 valence electrons. The van der Waals surface area contributed by atoms with Crippen molar-refractivity contribution in [1.82, 2.24) is 29.1 Å². The summed E-state index contributed by atoms with van der Waals surface area (Å²) in [5.74, 6) is 0.173. The minimum Gasteiger partial charge on any atom is -0.492 e. The molecule has 42 heavy (non-hydrogen) atoms. The Morgan fingerprint density at radius 2 is 1.81 bits per heavy atom. The summed E-state index contributed by atoms with van der Waals surface area (Å²) in [5.41, 5.74) is 0.131. The molecule has 0 bridgehead atoms. The topological polar surface area (TPSA) is 106 Å². The summed E-state index contributed by atoms with van der Waals surface area (Å²) in [6.07, 6.45) is 7.15. The van der Waals surface area contributed by atoms with Gasteiger partial charge in [-0.2, -0.15) is 5.10 Å². The number of halogens is 1. The molecule has 1 atom stereocenters. The van der Waals surface area contributed by atoms with Gasteiger partial charge in [-0.3, -0.25) is 14.2 Å². The zero-order chi connectivity index (χ0) is 29.3. The average Bonchev–Trinajstić information content (AvgIpc) is 3.44. The molecular weight excluding hydrogens is 539 g/mol. The maximum absolute atomic E-state index is 13.3. The van der Waals surface area contributed by atoms with Crippen LogP contribution >= 0.6 is 0 Å². The Labute approximate surface area is 242 Å². The quantitative estimate of drug-likeness (QED) is 0.361. The minimum atomic E-state index is -1.17. The number of likely N-dealkylation sites (tertiary alicyclic amines) is 2. The van der Waals surface area contributed by atoms with E-state index in [9.17, 15) is 19.1 Å². The molecular formula is C31H35FN6O4. The molecule has 0 spiro atoms. The van der Waals surface area contributed by atoms with Gasteiger partial charge in [0.2, 0.25) is 0 Å². The molecule has 4 heterocycles. The second kappa shape index (κ2) is 11.7. The SMILES string of the molecule is CN1CCCCC1COc1ccc(-n2ncc3c(=O)n(CC4(O)CCN(C(=O)c5ccc(F)cc5)CC4)cnc32)cc1. The van der Waals surface area contributed by atoms with Crippen LogP contribution in [0.25, 0.3) is 16.7 Å². The van der Waals surface area contributed by atoms with Gasteiger partial charge >= 0.3 is 0 Å². The van der Waals surface area contributed by atoms with Crippen molar-refractivity contribution in [2.24, 2.45) is 0 Å². The molecule has 2 fully saturated rings. The number of carbonyl (C=O) groups is 1. The third-order valence-corrected chi connectivity index (χ3v) is 8.54. The molecule has 10 nitrogen and oxygen atoms in total. The number of fused-ring (bicyclic) bond motifs is 1. The molecule has 0 aliphatic carbocycles. The van der Waals surface area contributed by atoms with Crippen molar-refractivity contribution in [1.29, 1.82) is 0 Å². The van der Waals surface area contributed by atoms with Crippen LogP contribution in [0.15, 0.2) is 65.8 Å². The minimum absolute atomic E-state index is 0.0563. The highest BCUT2D eigenvalue weighted by Gasteiger charge is 2.35. The van der Waals surface area contributed by atoms with E-state index >= 15 is 0 Å². The summed E-state index contributed by atoms with van der Waals surface area (Å²) in [6, 6.07) is 13.4. The van der Waals surface area contributed by atoms with Crippen LogP contribution in [-0.4, -0.2) is 85.1 Å². The molecule has 1 N–H and O–H groups in total. The summed E-state index contributed by atoms with van der Waals surface area (Å²) in [5, 5.41) is 16.0. The van der Waals surface area contributed by atoms with Crippen LogP contribution in [-0.2, 0) is 6.54 Å². The number of benzene rings is 2. The Morgan fingerprint density at radius 3 is 2.52 bits per heavy atom. The molecule has 4 aromatic rings. The smallest absolute Gasteiger partial charge is 0.264 e. The lowest BCUT2D eigenvalue weighted by Crippen LogP contribution is -2.49. The van der Waals surface area contributed by atoms with Crippen molar-refractivity contribution in [3.63, 3.8) is 0 Å². The van der Waals surface area contributed by atoms with E-state index in [1.807, 2.05) is 24.3 Å². The summed E-state index contributed by atoms with van der Waals surface area (Å²) < 4.78 is 22.3. The molecule has 11 heteroatoms. The van der Waals surface area contributed by atoms with Crippen molar-refractivity contribution in [2.75, 3.05) is 33.3 Å². The lowest BCUT2D eigenvalue weighted by molar-refractivity contribution is -0.0299. The number of aliphatic hydroxyl groups is 1. The summed E-state index contributed by atoms with van der Waals surface area (Å²) in [7, 11) is 2.14.